The van der Waals surface area contributed by atoms with Crippen LogP contribution in [0.5, 0.6) is 0 Å². The summed E-state index contributed by atoms with van der Waals surface area (Å²) < 4.78 is 38.5. The quantitative estimate of drug-likeness (QED) is 0.789. The second-order valence-corrected chi connectivity index (χ2v) is 4.78. The van der Waals surface area contributed by atoms with E-state index < -0.39 is 36.6 Å². The van der Waals surface area contributed by atoms with Gasteiger partial charge in [-0.05, 0) is 19.3 Å². The minimum atomic E-state index is -4.85. The summed E-state index contributed by atoms with van der Waals surface area (Å²) >= 11 is 0. The molecule has 2 amide bonds. The maximum atomic E-state index is 12.8. The van der Waals surface area contributed by atoms with E-state index in [0.717, 1.165) is 17.7 Å². The molecule has 2 aliphatic rings. The average molecular weight is 266 g/mol. The van der Waals surface area contributed by atoms with Crippen LogP contribution in [0.2, 0.25) is 0 Å². The SMILES string of the molecule is O=C(NC1CC1)N1CCC(C(=O)O)(C(F)(F)F)C1. The van der Waals surface area contributed by atoms with Gasteiger partial charge in [0.15, 0.2) is 5.41 Å². The zero-order valence-electron chi connectivity index (χ0n) is 9.46. The van der Waals surface area contributed by atoms with Crippen molar-refractivity contribution in [2.75, 3.05) is 13.1 Å². The van der Waals surface area contributed by atoms with Crippen LogP contribution in [-0.4, -0.2) is 47.3 Å². The molecule has 1 saturated carbocycles. The van der Waals surface area contributed by atoms with Crippen LogP contribution >= 0.6 is 0 Å². The molecule has 2 rings (SSSR count). The summed E-state index contributed by atoms with van der Waals surface area (Å²) in [7, 11) is 0. The Morgan fingerprint density at radius 1 is 1.33 bits per heavy atom. The van der Waals surface area contributed by atoms with Gasteiger partial charge in [0.1, 0.15) is 0 Å². The normalized spacial score (nSPS) is 28.3. The Labute approximate surface area is 101 Å². The summed E-state index contributed by atoms with van der Waals surface area (Å²) in [5.74, 6) is -1.92. The molecule has 2 fully saturated rings. The van der Waals surface area contributed by atoms with E-state index in [2.05, 4.69) is 5.32 Å². The van der Waals surface area contributed by atoms with E-state index >= 15 is 0 Å². The molecule has 1 atom stereocenters. The molecule has 1 aliphatic carbocycles. The predicted octanol–water partition coefficient (Wildman–Crippen LogP) is 1.20. The molecule has 1 aliphatic heterocycles. The van der Waals surface area contributed by atoms with Gasteiger partial charge >= 0.3 is 18.2 Å². The average Bonchev–Trinajstić information content (AvgIpc) is 2.92. The van der Waals surface area contributed by atoms with Gasteiger partial charge in [-0.3, -0.25) is 4.79 Å². The third-order valence-corrected chi connectivity index (χ3v) is 3.41. The summed E-state index contributed by atoms with van der Waals surface area (Å²) in [5, 5.41) is 11.4. The Morgan fingerprint density at radius 3 is 2.33 bits per heavy atom. The van der Waals surface area contributed by atoms with E-state index in [0.29, 0.717) is 0 Å². The van der Waals surface area contributed by atoms with Crippen molar-refractivity contribution in [3.05, 3.63) is 0 Å². The number of rotatable bonds is 2. The van der Waals surface area contributed by atoms with Crippen molar-refractivity contribution in [3.63, 3.8) is 0 Å². The second kappa shape index (κ2) is 4.03. The number of hydrogen-bond donors (Lipinski definition) is 2. The number of halogens is 3. The zero-order valence-corrected chi connectivity index (χ0v) is 9.46. The highest BCUT2D eigenvalue weighted by atomic mass is 19.4. The van der Waals surface area contributed by atoms with Gasteiger partial charge in [-0.2, -0.15) is 13.2 Å². The van der Waals surface area contributed by atoms with Crippen LogP contribution in [0, 0.1) is 5.41 Å². The molecule has 0 aromatic heterocycles. The Bertz CT molecular complexity index is 381. The van der Waals surface area contributed by atoms with Gasteiger partial charge in [-0.15, -0.1) is 0 Å². The van der Waals surface area contributed by atoms with Gasteiger partial charge in [-0.1, -0.05) is 0 Å². The number of carbonyl (C=O) groups is 2. The first-order valence-corrected chi connectivity index (χ1v) is 5.62. The summed E-state index contributed by atoms with van der Waals surface area (Å²) in [6.45, 7) is -1.01. The third kappa shape index (κ3) is 2.11. The first kappa shape index (κ1) is 13.0. The van der Waals surface area contributed by atoms with Crippen molar-refractivity contribution in [1.82, 2.24) is 10.2 Å². The molecule has 18 heavy (non-hydrogen) atoms. The molecule has 0 radical (unpaired) electrons. The molecule has 2 N–H and O–H groups in total. The Hall–Kier alpha value is -1.47. The first-order chi connectivity index (χ1) is 8.26. The third-order valence-electron chi connectivity index (χ3n) is 3.41. The highest BCUT2D eigenvalue weighted by Gasteiger charge is 2.64. The number of likely N-dealkylation sites (tertiary alicyclic amines) is 1. The van der Waals surface area contributed by atoms with E-state index in [4.69, 9.17) is 5.11 Å². The van der Waals surface area contributed by atoms with Crippen LogP contribution in [0.4, 0.5) is 18.0 Å². The number of hydrogen-bond acceptors (Lipinski definition) is 2. The summed E-state index contributed by atoms with van der Waals surface area (Å²) in [4.78, 5) is 23.4. The fourth-order valence-electron chi connectivity index (χ4n) is 2.00. The molecule has 0 bridgehead atoms. The smallest absolute Gasteiger partial charge is 0.406 e. The molecule has 0 aromatic rings. The Morgan fingerprint density at radius 2 is 1.94 bits per heavy atom. The molecule has 0 aromatic carbocycles. The van der Waals surface area contributed by atoms with Crippen LogP contribution < -0.4 is 5.32 Å². The minimum Gasteiger partial charge on any atom is -0.481 e. The lowest BCUT2D eigenvalue weighted by atomic mass is 9.86. The lowest BCUT2D eigenvalue weighted by Crippen LogP contribution is -2.49. The lowest BCUT2D eigenvalue weighted by molar-refractivity contribution is -0.226. The van der Waals surface area contributed by atoms with Gasteiger partial charge in [0, 0.05) is 19.1 Å². The highest BCUT2D eigenvalue weighted by Crippen LogP contribution is 2.45. The number of carbonyl (C=O) groups excluding carboxylic acids is 1. The number of nitrogens with zero attached hydrogens (tertiary/aromatic N) is 1. The van der Waals surface area contributed by atoms with Crippen LogP contribution in [0.3, 0.4) is 0 Å². The van der Waals surface area contributed by atoms with Crippen LogP contribution in [0.15, 0.2) is 0 Å². The van der Waals surface area contributed by atoms with Gasteiger partial charge < -0.3 is 15.3 Å². The Balaban J connectivity index is 2.08. The van der Waals surface area contributed by atoms with Gasteiger partial charge in [-0.25, -0.2) is 4.79 Å². The summed E-state index contributed by atoms with van der Waals surface area (Å²) in [5.41, 5.74) is -2.83. The van der Waals surface area contributed by atoms with E-state index in [-0.39, 0.29) is 12.6 Å². The molecule has 1 saturated heterocycles. The van der Waals surface area contributed by atoms with Gasteiger partial charge in [0.25, 0.3) is 0 Å². The standard InChI is InChI=1S/C10H13F3N2O3/c11-10(12,13)9(7(16)17)3-4-15(5-9)8(18)14-6-1-2-6/h6H,1-5H2,(H,14,18)(H,16,17). The number of carboxylic acid groups (broad SMARTS) is 1. The first-order valence-electron chi connectivity index (χ1n) is 5.62. The lowest BCUT2D eigenvalue weighted by Gasteiger charge is -2.27. The minimum absolute atomic E-state index is 0.0308. The number of carboxylic acids is 1. The maximum Gasteiger partial charge on any atom is 0.406 e. The number of urea groups is 1. The fraction of sp³-hybridized carbons (Fsp3) is 0.800. The number of aliphatic carboxylic acids is 1. The zero-order chi connectivity index (χ0) is 13.6. The van der Waals surface area contributed by atoms with Gasteiger partial charge in [0.05, 0.1) is 0 Å². The number of alkyl halides is 3. The van der Waals surface area contributed by atoms with Crippen molar-refractivity contribution in [1.29, 1.82) is 0 Å². The largest absolute Gasteiger partial charge is 0.481 e. The second-order valence-electron chi connectivity index (χ2n) is 4.78. The molecule has 102 valence electrons. The van der Waals surface area contributed by atoms with Crippen LogP contribution in [0.25, 0.3) is 0 Å². The molecular formula is C10H13F3N2O3. The Kier molecular flexibility index (Phi) is 2.90. The highest BCUT2D eigenvalue weighted by molar-refractivity contribution is 5.80. The summed E-state index contributed by atoms with van der Waals surface area (Å²) in [6, 6.07) is -0.576. The molecule has 0 spiro atoms. The van der Waals surface area contributed by atoms with E-state index in [1.807, 2.05) is 0 Å². The number of nitrogens with one attached hydrogen (secondary N) is 1. The van der Waals surface area contributed by atoms with Crippen molar-refractivity contribution in [2.45, 2.75) is 31.5 Å². The monoisotopic (exact) mass is 266 g/mol. The number of amides is 2. The topological polar surface area (TPSA) is 69.6 Å². The fourth-order valence-corrected chi connectivity index (χ4v) is 2.00. The predicted molar refractivity (Wildman–Crippen MR) is 53.9 cm³/mol. The van der Waals surface area contributed by atoms with Crippen molar-refractivity contribution < 1.29 is 27.9 Å². The van der Waals surface area contributed by atoms with Crippen LogP contribution in [0.1, 0.15) is 19.3 Å². The molecular weight excluding hydrogens is 253 g/mol. The van der Waals surface area contributed by atoms with Crippen molar-refractivity contribution in [3.8, 4) is 0 Å². The van der Waals surface area contributed by atoms with Gasteiger partial charge in [0.2, 0.25) is 0 Å². The summed E-state index contributed by atoms with van der Waals surface area (Å²) in [6.07, 6.45) is -3.80. The van der Waals surface area contributed by atoms with Crippen LogP contribution in [-0.2, 0) is 4.79 Å². The van der Waals surface area contributed by atoms with E-state index in [1.165, 1.54) is 0 Å². The molecule has 1 heterocycles. The molecule has 5 nitrogen and oxygen atoms in total. The van der Waals surface area contributed by atoms with Crippen molar-refractivity contribution in [2.24, 2.45) is 5.41 Å². The van der Waals surface area contributed by atoms with Crippen molar-refractivity contribution >= 4 is 12.0 Å². The molecule has 8 heteroatoms. The van der Waals surface area contributed by atoms with E-state index in [9.17, 15) is 22.8 Å². The van der Waals surface area contributed by atoms with E-state index in [1.54, 1.807) is 0 Å². The maximum absolute atomic E-state index is 12.8. The molecule has 1 unspecified atom stereocenters.